The average molecular weight is 236 g/mol. The van der Waals surface area contributed by atoms with Crippen LogP contribution in [-0.4, -0.2) is 11.2 Å². The minimum Gasteiger partial charge on any atom is -0.225 e. The molecule has 0 radical (unpaired) electrons. The van der Waals surface area contributed by atoms with Gasteiger partial charge in [0.15, 0.2) is 0 Å². The Hall–Kier alpha value is -0.340. The summed E-state index contributed by atoms with van der Waals surface area (Å²) >= 11 is 0. The molecule has 2 nitrogen and oxygen atoms in total. The summed E-state index contributed by atoms with van der Waals surface area (Å²) in [4.78, 5) is 11.6. The molecule has 1 saturated carbocycles. The Morgan fingerprint density at radius 1 is 1.12 bits per heavy atom. The summed E-state index contributed by atoms with van der Waals surface area (Å²) in [6.45, 7) is 9.21. The van der Waals surface area contributed by atoms with Crippen molar-refractivity contribution in [2.75, 3.05) is 0 Å². The van der Waals surface area contributed by atoms with Crippen molar-refractivity contribution in [3.63, 3.8) is 0 Å². The quantitative estimate of drug-likeness (QED) is 0.467. The van der Waals surface area contributed by atoms with Crippen LogP contribution in [0.25, 0.3) is 0 Å². The fourth-order valence-corrected chi connectivity index (χ4v) is 3.97. The molecule has 0 aromatic rings. The molecule has 1 saturated heterocycles. The zero-order chi connectivity index (χ0) is 12.3. The van der Waals surface area contributed by atoms with Crippen LogP contribution in [0.2, 0.25) is 0 Å². The van der Waals surface area contributed by atoms with E-state index in [2.05, 4.69) is 33.8 Å². The molecule has 0 amide bonds. The highest BCUT2D eigenvalue weighted by Crippen LogP contribution is 2.57. The van der Waals surface area contributed by atoms with Crippen LogP contribution in [0.1, 0.15) is 59.8 Å². The third kappa shape index (κ3) is 1.53. The Morgan fingerprint density at radius 2 is 1.88 bits per heavy atom. The highest BCUT2D eigenvalue weighted by molar-refractivity contribution is 5.34. The second-order valence-corrected chi connectivity index (χ2v) is 7.10. The maximum atomic E-state index is 5.93. The molecular weight excluding hydrogens is 212 g/mol. The minimum absolute atomic E-state index is 0.127. The molecular formula is C15H24O2. The SMILES string of the molecule is CC1CCCC(C)(C)C2=CC3(C)CCC21OO3. The third-order valence-electron chi connectivity index (χ3n) is 5.24. The first kappa shape index (κ1) is 11.7. The average Bonchev–Trinajstić information content (AvgIpc) is 2.37. The van der Waals surface area contributed by atoms with Gasteiger partial charge >= 0.3 is 0 Å². The number of rotatable bonds is 0. The van der Waals surface area contributed by atoms with Crippen LogP contribution >= 0.6 is 0 Å². The van der Waals surface area contributed by atoms with Crippen molar-refractivity contribution in [1.29, 1.82) is 0 Å². The van der Waals surface area contributed by atoms with Crippen molar-refractivity contribution in [3.8, 4) is 0 Å². The summed E-state index contributed by atoms with van der Waals surface area (Å²) < 4.78 is 0. The largest absolute Gasteiger partial charge is 0.225 e. The lowest BCUT2D eigenvalue weighted by atomic mass is 9.63. The van der Waals surface area contributed by atoms with Crippen LogP contribution in [0.15, 0.2) is 11.6 Å². The van der Waals surface area contributed by atoms with Gasteiger partial charge in [-0.15, -0.1) is 0 Å². The van der Waals surface area contributed by atoms with Gasteiger partial charge in [0.2, 0.25) is 0 Å². The molecule has 3 atom stereocenters. The molecule has 0 aromatic heterocycles. The van der Waals surface area contributed by atoms with E-state index >= 15 is 0 Å². The Morgan fingerprint density at radius 3 is 2.53 bits per heavy atom. The van der Waals surface area contributed by atoms with Crippen molar-refractivity contribution in [1.82, 2.24) is 0 Å². The second-order valence-electron chi connectivity index (χ2n) is 7.10. The highest BCUT2D eigenvalue weighted by atomic mass is 17.2. The molecule has 2 bridgehead atoms. The lowest BCUT2D eigenvalue weighted by Gasteiger charge is -2.54. The molecule has 2 aliphatic heterocycles. The minimum atomic E-state index is -0.182. The molecule has 2 fully saturated rings. The first-order valence-electron chi connectivity index (χ1n) is 6.99. The van der Waals surface area contributed by atoms with Crippen molar-refractivity contribution < 1.29 is 9.78 Å². The molecule has 2 heteroatoms. The first-order valence-corrected chi connectivity index (χ1v) is 6.99. The lowest BCUT2D eigenvalue weighted by molar-refractivity contribution is -0.437. The van der Waals surface area contributed by atoms with Gasteiger partial charge in [-0.1, -0.05) is 27.2 Å². The van der Waals surface area contributed by atoms with Crippen LogP contribution in [-0.2, 0) is 9.78 Å². The number of hydrogen-bond acceptors (Lipinski definition) is 2. The molecule has 2 aliphatic carbocycles. The van der Waals surface area contributed by atoms with Gasteiger partial charge in [0.1, 0.15) is 11.2 Å². The fraction of sp³-hybridized carbons (Fsp3) is 0.867. The molecule has 4 aliphatic rings. The van der Waals surface area contributed by atoms with Crippen LogP contribution in [0, 0.1) is 11.3 Å². The fourth-order valence-electron chi connectivity index (χ4n) is 3.97. The van der Waals surface area contributed by atoms with E-state index in [1.54, 1.807) is 0 Å². The molecule has 4 rings (SSSR count). The molecule has 0 aromatic carbocycles. The number of hydrogen-bond donors (Lipinski definition) is 0. The van der Waals surface area contributed by atoms with E-state index in [1.165, 1.54) is 24.8 Å². The van der Waals surface area contributed by atoms with E-state index < -0.39 is 0 Å². The predicted molar refractivity (Wildman–Crippen MR) is 67.4 cm³/mol. The van der Waals surface area contributed by atoms with E-state index in [9.17, 15) is 0 Å². The lowest BCUT2D eigenvalue weighted by Crippen LogP contribution is -2.56. The number of fused-ring (bicyclic) bond motifs is 2. The van der Waals surface area contributed by atoms with Crippen molar-refractivity contribution in [2.24, 2.45) is 11.3 Å². The van der Waals surface area contributed by atoms with Gasteiger partial charge in [-0.25, -0.2) is 9.78 Å². The van der Waals surface area contributed by atoms with Crippen LogP contribution in [0.4, 0.5) is 0 Å². The van der Waals surface area contributed by atoms with Crippen molar-refractivity contribution in [3.05, 3.63) is 11.6 Å². The molecule has 2 heterocycles. The van der Waals surface area contributed by atoms with Crippen LogP contribution < -0.4 is 0 Å². The summed E-state index contributed by atoms with van der Waals surface area (Å²) in [5, 5.41) is 0. The van der Waals surface area contributed by atoms with Crippen LogP contribution in [0.3, 0.4) is 0 Å². The van der Waals surface area contributed by atoms with E-state index in [1.807, 2.05) is 0 Å². The maximum absolute atomic E-state index is 5.93. The molecule has 3 unspecified atom stereocenters. The predicted octanol–water partition coefficient (Wildman–Crippen LogP) is 4.01. The normalized spacial score (nSPS) is 48.2. The molecule has 17 heavy (non-hydrogen) atoms. The Balaban J connectivity index is 2.14. The Bertz CT molecular complexity index is 359. The zero-order valence-electron chi connectivity index (χ0n) is 11.5. The summed E-state index contributed by atoms with van der Waals surface area (Å²) in [6.07, 6.45) is 8.41. The zero-order valence-corrected chi connectivity index (χ0v) is 11.5. The standard InChI is InChI=1S/C15H24O2/c1-11-6-5-7-13(2,3)12-10-14(4)8-9-15(11,12)17-16-14/h10-11H,5-9H2,1-4H3. The van der Waals surface area contributed by atoms with Gasteiger partial charge in [0.25, 0.3) is 0 Å². The van der Waals surface area contributed by atoms with Gasteiger partial charge in [0, 0.05) is 0 Å². The van der Waals surface area contributed by atoms with Gasteiger partial charge in [-0.2, -0.15) is 0 Å². The van der Waals surface area contributed by atoms with Crippen molar-refractivity contribution in [2.45, 2.75) is 71.0 Å². The van der Waals surface area contributed by atoms with Crippen molar-refractivity contribution >= 4 is 0 Å². The van der Waals surface area contributed by atoms with Gasteiger partial charge < -0.3 is 0 Å². The van der Waals surface area contributed by atoms with E-state index in [4.69, 9.17) is 9.78 Å². The summed E-state index contributed by atoms with van der Waals surface area (Å²) in [6, 6.07) is 0. The van der Waals surface area contributed by atoms with E-state index in [-0.39, 0.29) is 16.6 Å². The topological polar surface area (TPSA) is 18.5 Å². The van der Waals surface area contributed by atoms with E-state index in [0.717, 1.165) is 12.8 Å². The van der Waals surface area contributed by atoms with Gasteiger partial charge in [0.05, 0.1) is 0 Å². The van der Waals surface area contributed by atoms with E-state index in [0.29, 0.717) is 5.92 Å². The third-order valence-corrected chi connectivity index (χ3v) is 5.24. The second kappa shape index (κ2) is 3.36. The summed E-state index contributed by atoms with van der Waals surface area (Å²) in [5.74, 6) is 0.570. The summed E-state index contributed by atoms with van der Waals surface area (Å²) in [5.41, 5.74) is 1.46. The smallest absolute Gasteiger partial charge is 0.128 e. The summed E-state index contributed by atoms with van der Waals surface area (Å²) in [7, 11) is 0. The Labute approximate surface area is 104 Å². The maximum Gasteiger partial charge on any atom is 0.128 e. The monoisotopic (exact) mass is 236 g/mol. The molecule has 96 valence electrons. The van der Waals surface area contributed by atoms with Gasteiger partial charge in [-0.05, 0) is 55.6 Å². The van der Waals surface area contributed by atoms with Gasteiger partial charge in [-0.3, -0.25) is 0 Å². The highest BCUT2D eigenvalue weighted by Gasteiger charge is 2.57. The molecule has 0 N–H and O–H groups in total. The van der Waals surface area contributed by atoms with Crippen LogP contribution in [0.5, 0.6) is 0 Å². The molecule has 1 spiro atoms. The Kier molecular flexibility index (Phi) is 2.32. The first-order chi connectivity index (χ1) is 7.88.